The number of benzene rings is 1. The van der Waals surface area contributed by atoms with Crippen LogP contribution in [0.4, 0.5) is 8.78 Å². The summed E-state index contributed by atoms with van der Waals surface area (Å²) in [4.78, 5) is 0. The first-order valence-electron chi connectivity index (χ1n) is 9.83. The Morgan fingerprint density at radius 2 is 1.65 bits per heavy atom. The molecule has 0 spiro atoms. The molecule has 0 amide bonds. The van der Waals surface area contributed by atoms with E-state index in [9.17, 15) is 8.78 Å². The van der Waals surface area contributed by atoms with Gasteiger partial charge in [0.2, 0.25) is 6.43 Å². The Morgan fingerprint density at radius 3 is 2.46 bits per heavy atom. The molecule has 0 radical (unpaired) electrons. The summed E-state index contributed by atoms with van der Waals surface area (Å²) in [7, 11) is 0. The Balaban J connectivity index is 1.33. The van der Waals surface area contributed by atoms with E-state index in [2.05, 4.69) is 53.4 Å². The van der Waals surface area contributed by atoms with Crippen LogP contribution in [-0.4, -0.2) is 16.2 Å². The molecule has 26 heavy (non-hydrogen) atoms. The lowest BCUT2D eigenvalue weighted by Crippen LogP contribution is -2.07. The summed E-state index contributed by atoms with van der Waals surface area (Å²) in [6.45, 7) is 0. The largest absolute Gasteiger partial charge is 0.261 e. The molecule has 1 aliphatic carbocycles. The van der Waals surface area contributed by atoms with Crippen LogP contribution in [-0.2, 0) is 6.42 Å². The van der Waals surface area contributed by atoms with Crippen LogP contribution in [0.2, 0.25) is 0 Å². The molecule has 2 nitrogen and oxygen atoms in total. The Kier molecular flexibility index (Phi) is 6.98. The zero-order chi connectivity index (χ0) is 18.2. The maximum atomic E-state index is 12.0. The Hall–Kier alpha value is -1.97. The fourth-order valence-electron chi connectivity index (χ4n) is 3.62. The van der Waals surface area contributed by atoms with Crippen molar-refractivity contribution in [2.24, 2.45) is 0 Å². The molecule has 3 rings (SSSR count). The van der Waals surface area contributed by atoms with Crippen LogP contribution in [0, 0.1) is 0 Å². The molecule has 0 aliphatic heterocycles. The van der Waals surface area contributed by atoms with Crippen molar-refractivity contribution in [2.45, 2.75) is 70.3 Å². The van der Waals surface area contributed by atoms with Crippen LogP contribution in [0.3, 0.4) is 0 Å². The number of halogens is 2. The predicted octanol–water partition coefficient (Wildman–Crippen LogP) is 6.43. The van der Waals surface area contributed by atoms with Gasteiger partial charge in [0.25, 0.3) is 0 Å². The third-order valence-electron chi connectivity index (χ3n) is 5.08. The van der Waals surface area contributed by atoms with E-state index >= 15 is 0 Å². The lowest BCUT2D eigenvalue weighted by molar-refractivity contribution is 0.133. The third kappa shape index (κ3) is 5.26. The summed E-state index contributed by atoms with van der Waals surface area (Å²) < 4.78 is 26.1. The second kappa shape index (κ2) is 9.65. The van der Waals surface area contributed by atoms with E-state index in [1.807, 2.05) is 0 Å². The highest BCUT2D eigenvalue weighted by Crippen LogP contribution is 2.30. The van der Waals surface area contributed by atoms with Gasteiger partial charge in [-0.1, -0.05) is 68.5 Å². The summed E-state index contributed by atoms with van der Waals surface area (Å²) in [5.74, 6) is 0. The minimum absolute atomic E-state index is 0.0588. The van der Waals surface area contributed by atoms with E-state index in [-0.39, 0.29) is 12.5 Å². The van der Waals surface area contributed by atoms with Crippen LogP contribution in [0.15, 0.2) is 42.6 Å². The maximum absolute atomic E-state index is 12.0. The molecule has 1 heterocycles. The second-order valence-electron chi connectivity index (χ2n) is 7.12. The molecule has 0 bridgehead atoms. The zero-order valence-electron chi connectivity index (χ0n) is 15.3. The van der Waals surface area contributed by atoms with Gasteiger partial charge in [-0.2, -0.15) is 5.10 Å². The normalized spacial score (nSPS) is 15.7. The summed E-state index contributed by atoms with van der Waals surface area (Å²) in [5, 5.41) is 4.76. The van der Waals surface area contributed by atoms with E-state index in [0.717, 1.165) is 37.8 Å². The van der Waals surface area contributed by atoms with Gasteiger partial charge in [-0.05, 0) is 36.5 Å². The lowest BCUT2D eigenvalue weighted by atomic mass is 10.1. The number of allylic oxidation sites excluding steroid dienone is 1. The van der Waals surface area contributed by atoms with E-state index in [1.54, 1.807) is 0 Å². The molecule has 140 valence electrons. The van der Waals surface area contributed by atoms with Gasteiger partial charge >= 0.3 is 0 Å². The monoisotopic (exact) mass is 358 g/mol. The number of rotatable bonds is 11. The Labute approximate surface area is 154 Å². The molecule has 0 N–H and O–H groups in total. The number of aryl methyl sites for hydroxylation is 1. The molecular formula is C22H28F2N2. The second-order valence-corrected chi connectivity index (χ2v) is 7.12. The van der Waals surface area contributed by atoms with Crippen molar-refractivity contribution < 1.29 is 8.78 Å². The number of fused-ring (bicyclic) bond motifs is 1. The quantitative estimate of drug-likeness (QED) is 0.423. The van der Waals surface area contributed by atoms with Crippen LogP contribution >= 0.6 is 0 Å². The van der Waals surface area contributed by atoms with Crippen molar-refractivity contribution in [3.05, 3.63) is 59.4 Å². The maximum Gasteiger partial charge on any atom is 0.238 e. The highest BCUT2D eigenvalue weighted by Gasteiger charge is 2.18. The van der Waals surface area contributed by atoms with Gasteiger partial charge in [-0.3, -0.25) is 4.68 Å². The predicted molar refractivity (Wildman–Crippen MR) is 102 cm³/mol. The summed E-state index contributed by atoms with van der Waals surface area (Å²) in [5.41, 5.74) is 3.75. The number of aromatic nitrogens is 2. The molecular weight excluding hydrogens is 330 g/mol. The summed E-state index contributed by atoms with van der Waals surface area (Å²) in [6.07, 6.45) is 12.7. The molecule has 0 fully saturated rings. The molecule has 1 unspecified atom stereocenters. The van der Waals surface area contributed by atoms with Gasteiger partial charge in [0.15, 0.2) is 0 Å². The van der Waals surface area contributed by atoms with Gasteiger partial charge in [0.1, 0.15) is 0 Å². The van der Waals surface area contributed by atoms with Crippen molar-refractivity contribution in [3.63, 3.8) is 0 Å². The average molecular weight is 358 g/mol. The number of hydrogen-bond donors (Lipinski definition) is 0. The average Bonchev–Trinajstić information content (AvgIpc) is 3.26. The molecule has 4 heteroatoms. The van der Waals surface area contributed by atoms with Gasteiger partial charge in [0.05, 0.1) is 11.7 Å². The first-order valence-corrected chi connectivity index (χ1v) is 9.83. The number of hydrogen-bond acceptors (Lipinski definition) is 1. The van der Waals surface area contributed by atoms with Crippen molar-refractivity contribution in [1.82, 2.24) is 9.78 Å². The summed E-state index contributed by atoms with van der Waals surface area (Å²) >= 11 is 0. The van der Waals surface area contributed by atoms with Gasteiger partial charge in [0, 0.05) is 12.6 Å². The molecule has 1 aliphatic rings. The van der Waals surface area contributed by atoms with Crippen LogP contribution in [0.25, 0.3) is 6.08 Å². The van der Waals surface area contributed by atoms with Crippen molar-refractivity contribution >= 4 is 6.08 Å². The standard InChI is InChI=1S/C22H28F2N2/c23-22(24)13-7-5-3-1-2-4-6-11-19-16-17-26(25-19)21-15-14-18-10-8-9-12-20(18)21/h8-10,12,14-17,21-22H,1-7,11,13H2. The smallest absolute Gasteiger partial charge is 0.238 e. The molecule has 0 saturated carbocycles. The van der Waals surface area contributed by atoms with E-state index < -0.39 is 6.43 Å². The summed E-state index contributed by atoms with van der Waals surface area (Å²) in [6, 6.07) is 10.8. The third-order valence-corrected chi connectivity index (χ3v) is 5.08. The SMILES string of the molecule is FC(F)CCCCCCCCCc1ccn(C2C=Cc3ccccc32)n1. The van der Waals surface area contributed by atoms with Gasteiger partial charge in [-0.15, -0.1) is 0 Å². The minimum atomic E-state index is -2.14. The van der Waals surface area contributed by atoms with Crippen molar-refractivity contribution in [1.29, 1.82) is 0 Å². The Bertz CT molecular complexity index is 706. The topological polar surface area (TPSA) is 17.8 Å². The molecule has 0 saturated heterocycles. The highest BCUT2D eigenvalue weighted by atomic mass is 19.3. The fourth-order valence-corrected chi connectivity index (χ4v) is 3.62. The van der Waals surface area contributed by atoms with E-state index in [1.165, 1.54) is 24.0 Å². The van der Waals surface area contributed by atoms with E-state index in [0.29, 0.717) is 6.42 Å². The van der Waals surface area contributed by atoms with Gasteiger partial charge in [-0.25, -0.2) is 8.78 Å². The fraction of sp³-hybridized carbons (Fsp3) is 0.500. The molecule has 1 atom stereocenters. The first kappa shape index (κ1) is 18.8. The number of unbranched alkanes of at least 4 members (excludes halogenated alkanes) is 6. The molecule has 2 aromatic rings. The molecule has 1 aromatic heterocycles. The number of nitrogens with zero attached hydrogens (tertiary/aromatic N) is 2. The van der Waals surface area contributed by atoms with Crippen LogP contribution in [0.1, 0.15) is 74.2 Å². The van der Waals surface area contributed by atoms with Crippen molar-refractivity contribution in [2.75, 3.05) is 0 Å². The van der Waals surface area contributed by atoms with Gasteiger partial charge < -0.3 is 0 Å². The minimum Gasteiger partial charge on any atom is -0.261 e. The number of alkyl halides is 2. The van der Waals surface area contributed by atoms with Crippen molar-refractivity contribution in [3.8, 4) is 0 Å². The first-order chi connectivity index (χ1) is 12.7. The van der Waals surface area contributed by atoms with E-state index in [4.69, 9.17) is 5.10 Å². The lowest BCUT2D eigenvalue weighted by Gasteiger charge is -2.11. The molecule has 1 aromatic carbocycles. The highest BCUT2D eigenvalue weighted by molar-refractivity contribution is 5.62. The zero-order valence-corrected chi connectivity index (χ0v) is 15.3. The van der Waals surface area contributed by atoms with Crippen LogP contribution in [0.5, 0.6) is 0 Å². The Morgan fingerprint density at radius 1 is 0.923 bits per heavy atom. The van der Waals surface area contributed by atoms with Crippen LogP contribution < -0.4 is 0 Å².